The Kier molecular flexibility index (Phi) is 4.98. The predicted octanol–water partition coefficient (Wildman–Crippen LogP) is 0.271. The Balaban J connectivity index is 1.83. The lowest BCUT2D eigenvalue weighted by Crippen LogP contribution is -2.37. The summed E-state index contributed by atoms with van der Waals surface area (Å²) in [4.78, 5) is 5.18. The molecule has 2 heterocycles. The number of piperidine rings is 1. The van der Waals surface area contributed by atoms with Gasteiger partial charge in [0.25, 0.3) is 0 Å². The number of aromatic nitrogens is 1. The van der Waals surface area contributed by atoms with Crippen LogP contribution in [0.15, 0.2) is 17.2 Å². The molecule has 1 aromatic rings. The summed E-state index contributed by atoms with van der Waals surface area (Å²) in [6, 6.07) is 1.45. The van der Waals surface area contributed by atoms with Gasteiger partial charge in [0.05, 0.1) is 11.5 Å². The van der Waals surface area contributed by atoms with Gasteiger partial charge in [0, 0.05) is 25.0 Å². The average Bonchev–Trinajstić information content (AvgIpc) is 2.89. The lowest BCUT2D eigenvalue weighted by Gasteiger charge is -2.26. The van der Waals surface area contributed by atoms with Crippen molar-refractivity contribution in [1.82, 2.24) is 14.6 Å². The number of sulfonamides is 1. The topological polar surface area (TPSA) is 85.4 Å². The molecule has 108 valence electrons. The zero-order chi connectivity index (χ0) is 13.7. The number of aliphatic hydroxyl groups excluding tert-OH is 1. The van der Waals surface area contributed by atoms with Gasteiger partial charge in [-0.2, -0.15) is 0 Å². The van der Waals surface area contributed by atoms with Crippen molar-refractivity contribution in [2.75, 3.05) is 26.2 Å². The molecule has 2 rings (SSSR count). The lowest BCUT2D eigenvalue weighted by molar-refractivity contribution is 0.233. The normalized spacial score (nSPS) is 17.7. The van der Waals surface area contributed by atoms with Gasteiger partial charge in [-0.05, 0) is 32.0 Å². The number of likely N-dealkylation sites (tertiary alicyclic amines) is 1. The molecular weight excluding hydrogens is 266 g/mol. The minimum atomic E-state index is -3.47. The molecule has 0 saturated carbocycles. The fourth-order valence-electron chi connectivity index (χ4n) is 2.27. The summed E-state index contributed by atoms with van der Waals surface area (Å²) in [5.41, 5.74) is 0.497. The van der Waals surface area contributed by atoms with E-state index < -0.39 is 10.0 Å². The molecule has 1 aliphatic rings. The van der Waals surface area contributed by atoms with Gasteiger partial charge in [-0.3, -0.25) is 0 Å². The van der Waals surface area contributed by atoms with Gasteiger partial charge < -0.3 is 15.0 Å². The first-order chi connectivity index (χ1) is 9.12. The molecule has 0 aromatic carbocycles. The molecule has 1 aliphatic heterocycles. The molecule has 0 unspecified atom stereocenters. The molecule has 19 heavy (non-hydrogen) atoms. The third kappa shape index (κ3) is 4.04. The van der Waals surface area contributed by atoms with Crippen molar-refractivity contribution in [2.24, 2.45) is 0 Å². The molecule has 0 radical (unpaired) electrons. The SMILES string of the molecule is O=S(=O)(NCCN1CCCCC1)c1c[nH]c(CO)c1. The summed E-state index contributed by atoms with van der Waals surface area (Å²) in [6.07, 6.45) is 5.07. The Hall–Kier alpha value is -0.890. The van der Waals surface area contributed by atoms with Gasteiger partial charge in [-0.1, -0.05) is 6.42 Å². The number of hydrogen-bond acceptors (Lipinski definition) is 4. The highest BCUT2D eigenvalue weighted by Gasteiger charge is 2.16. The molecule has 0 bridgehead atoms. The van der Waals surface area contributed by atoms with E-state index in [0.29, 0.717) is 12.2 Å². The molecule has 1 saturated heterocycles. The Morgan fingerprint density at radius 2 is 2.05 bits per heavy atom. The fourth-order valence-corrected chi connectivity index (χ4v) is 3.31. The van der Waals surface area contributed by atoms with E-state index in [0.717, 1.165) is 19.6 Å². The highest BCUT2D eigenvalue weighted by molar-refractivity contribution is 7.89. The Morgan fingerprint density at radius 3 is 2.68 bits per heavy atom. The number of rotatable bonds is 6. The van der Waals surface area contributed by atoms with E-state index in [1.807, 2.05) is 0 Å². The number of aromatic amines is 1. The molecule has 7 heteroatoms. The van der Waals surface area contributed by atoms with Crippen molar-refractivity contribution in [2.45, 2.75) is 30.8 Å². The molecule has 0 atom stereocenters. The van der Waals surface area contributed by atoms with Crippen LogP contribution in [0.5, 0.6) is 0 Å². The van der Waals surface area contributed by atoms with Crippen LogP contribution in [-0.4, -0.2) is 49.6 Å². The molecule has 6 nitrogen and oxygen atoms in total. The standard InChI is InChI=1S/C12H21N3O3S/c16-10-11-8-12(9-13-11)19(17,18)14-4-7-15-5-2-1-3-6-15/h8-9,13-14,16H,1-7,10H2. The van der Waals surface area contributed by atoms with Crippen LogP contribution in [0.2, 0.25) is 0 Å². The van der Waals surface area contributed by atoms with Gasteiger partial charge in [0.1, 0.15) is 0 Å². The Bertz CT molecular complexity index is 492. The zero-order valence-electron chi connectivity index (χ0n) is 10.9. The second-order valence-corrected chi connectivity index (χ2v) is 6.59. The maximum Gasteiger partial charge on any atom is 0.242 e. The van der Waals surface area contributed by atoms with Crippen LogP contribution in [0.4, 0.5) is 0 Å². The van der Waals surface area contributed by atoms with Crippen molar-refractivity contribution in [3.63, 3.8) is 0 Å². The van der Waals surface area contributed by atoms with Crippen LogP contribution < -0.4 is 4.72 Å². The van der Waals surface area contributed by atoms with Crippen molar-refractivity contribution < 1.29 is 13.5 Å². The number of H-pyrrole nitrogens is 1. The zero-order valence-corrected chi connectivity index (χ0v) is 11.7. The Morgan fingerprint density at radius 1 is 1.32 bits per heavy atom. The Labute approximate surface area is 113 Å². The van der Waals surface area contributed by atoms with Gasteiger partial charge in [-0.15, -0.1) is 0 Å². The maximum atomic E-state index is 12.0. The summed E-state index contributed by atoms with van der Waals surface area (Å²) >= 11 is 0. The number of nitrogens with one attached hydrogen (secondary N) is 2. The van der Waals surface area contributed by atoms with Crippen LogP contribution in [0.1, 0.15) is 25.0 Å². The van der Waals surface area contributed by atoms with Crippen molar-refractivity contribution in [3.8, 4) is 0 Å². The first-order valence-corrected chi connectivity index (χ1v) is 8.10. The molecule has 1 fully saturated rings. The average molecular weight is 287 g/mol. The van der Waals surface area contributed by atoms with E-state index >= 15 is 0 Å². The maximum absolute atomic E-state index is 12.0. The number of nitrogens with zero attached hydrogens (tertiary/aromatic N) is 1. The van der Waals surface area contributed by atoms with Crippen LogP contribution in [0, 0.1) is 0 Å². The fraction of sp³-hybridized carbons (Fsp3) is 0.667. The van der Waals surface area contributed by atoms with E-state index in [1.165, 1.54) is 31.5 Å². The van der Waals surface area contributed by atoms with Crippen LogP contribution >= 0.6 is 0 Å². The number of aliphatic hydroxyl groups is 1. The third-order valence-electron chi connectivity index (χ3n) is 3.37. The molecule has 3 N–H and O–H groups in total. The van der Waals surface area contributed by atoms with E-state index in [-0.39, 0.29) is 11.5 Å². The van der Waals surface area contributed by atoms with Crippen LogP contribution in [0.25, 0.3) is 0 Å². The lowest BCUT2D eigenvalue weighted by atomic mass is 10.1. The highest BCUT2D eigenvalue weighted by atomic mass is 32.2. The minimum absolute atomic E-state index is 0.176. The molecule has 1 aromatic heterocycles. The summed E-state index contributed by atoms with van der Waals surface area (Å²) < 4.78 is 26.5. The van der Waals surface area contributed by atoms with Gasteiger partial charge in [-0.25, -0.2) is 13.1 Å². The van der Waals surface area contributed by atoms with Crippen LogP contribution in [-0.2, 0) is 16.6 Å². The molecule has 0 amide bonds. The van der Waals surface area contributed by atoms with E-state index in [4.69, 9.17) is 5.11 Å². The molecule has 0 spiro atoms. The second-order valence-electron chi connectivity index (χ2n) is 4.82. The van der Waals surface area contributed by atoms with E-state index in [1.54, 1.807) is 0 Å². The summed E-state index contributed by atoms with van der Waals surface area (Å²) in [5, 5.41) is 8.91. The van der Waals surface area contributed by atoms with Crippen molar-refractivity contribution in [1.29, 1.82) is 0 Å². The smallest absolute Gasteiger partial charge is 0.242 e. The van der Waals surface area contributed by atoms with E-state index in [2.05, 4.69) is 14.6 Å². The van der Waals surface area contributed by atoms with Gasteiger partial charge in [0.2, 0.25) is 10.0 Å². The first kappa shape index (κ1) is 14.5. The number of hydrogen-bond donors (Lipinski definition) is 3. The summed E-state index contributed by atoms with van der Waals surface area (Å²) in [7, 11) is -3.47. The largest absolute Gasteiger partial charge is 0.390 e. The van der Waals surface area contributed by atoms with Gasteiger partial charge >= 0.3 is 0 Å². The quantitative estimate of drug-likeness (QED) is 0.701. The highest BCUT2D eigenvalue weighted by Crippen LogP contribution is 2.11. The summed E-state index contributed by atoms with van der Waals surface area (Å²) in [6.45, 7) is 3.09. The minimum Gasteiger partial charge on any atom is -0.390 e. The van der Waals surface area contributed by atoms with Crippen LogP contribution in [0.3, 0.4) is 0 Å². The first-order valence-electron chi connectivity index (χ1n) is 6.62. The van der Waals surface area contributed by atoms with Crippen molar-refractivity contribution >= 4 is 10.0 Å². The molecular formula is C12H21N3O3S. The van der Waals surface area contributed by atoms with Crippen molar-refractivity contribution in [3.05, 3.63) is 18.0 Å². The van der Waals surface area contributed by atoms with E-state index in [9.17, 15) is 8.42 Å². The second kappa shape index (κ2) is 6.51. The monoisotopic (exact) mass is 287 g/mol. The van der Waals surface area contributed by atoms with Gasteiger partial charge in [0.15, 0.2) is 0 Å². The third-order valence-corrected chi connectivity index (χ3v) is 4.81. The predicted molar refractivity (Wildman–Crippen MR) is 72.2 cm³/mol. The summed E-state index contributed by atoms with van der Waals surface area (Å²) in [5.74, 6) is 0. The molecule has 0 aliphatic carbocycles.